The van der Waals surface area contributed by atoms with Crippen LogP contribution in [0.25, 0.3) is 0 Å². The summed E-state index contributed by atoms with van der Waals surface area (Å²) in [5, 5.41) is 14.4. The largest absolute Gasteiger partial charge is 0.479 e. The maximum atomic E-state index is 13.3. The van der Waals surface area contributed by atoms with Crippen LogP contribution in [0.4, 0.5) is 14.9 Å². The van der Waals surface area contributed by atoms with Crippen molar-refractivity contribution >= 4 is 11.7 Å². The summed E-state index contributed by atoms with van der Waals surface area (Å²) in [5.74, 6) is 1.95. The molecule has 1 atom stereocenters. The van der Waals surface area contributed by atoms with Gasteiger partial charge in [0.25, 0.3) is 0 Å². The van der Waals surface area contributed by atoms with Crippen LogP contribution in [-0.2, 0) is 0 Å². The number of anilines is 1. The van der Waals surface area contributed by atoms with Crippen molar-refractivity contribution < 1.29 is 19.0 Å². The van der Waals surface area contributed by atoms with Crippen molar-refractivity contribution in [3.05, 3.63) is 24.0 Å². The Bertz CT molecular complexity index is 557. The van der Waals surface area contributed by atoms with Crippen LogP contribution in [0.5, 0.6) is 5.75 Å². The van der Waals surface area contributed by atoms with E-state index in [4.69, 9.17) is 16.3 Å². The number of terminal acetylenes is 1. The van der Waals surface area contributed by atoms with Gasteiger partial charge in [0.1, 0.15) is 18.2 Å². The van der Waals surface area contributed by atoms with E-state index >= 15 is 0 Å². The van der Waals surface area contributed by atoms with Gasteiger partial charge < -0.3 is 20.5 Å². The second-order valence-electron chi connectivity index (χ2n) is 5.10. The molecule has 120 valence electrons. The molecule has 0 spiro atoms. The minimum Gasteiger partial charge on any atom is -0.479 e. The highest BCUT2D eigenvalue weighted by Gasteiger charge is 2.24. The third-order valence-electron chi connectivity index (χ3n) is 3.36. The van der Waals surface area contributed by atoms with Gasteiger partial charge in [-0.25, -0.2) is 9.18 Å². The fraction of sp³-hybridized carbons (Fsp3) is 0.438. The maximum absolute atomic E-state index is 13.3. The fourth-order valence-electron chi connectivity index (χ4n) is 1.84. The summed E-state index contributed by atoms with van der Waals surface area (Å²) in [7, 11) is 0. The smallest absolute Gasteiger partial charge is 0.319 e. The van der Waals surface area contributed by atoms with Gasteiger partial charge in [0.15, 0.2) is 0 Å². The van der Waals surface area contributed by atoms with Gasteiger partial charge in [-0.15, -0.1) is 6.42 Å². The van der Waals surface area contributed by atoms with Crippen LogP contribution in [-0.4, -0.2) is 29.9 Å². The van der Waals surface area contributed by atoms with Gasteiger partial charge in [-0.05, 0) is 31.9 Å². The Labute approximate surface area is 129 Å². The molecule has 0 bridgehead atoms. The van der Waals surface area contributed by atoms with E-state index in [0.717, 1.165) is 6.07 Å². The number of urea groups is 1. The molecule has 0 aliphatic rings. The van der Waals surface area contributed by atoms with Crippen LogP contribution in [0.2, 0.25) is 0 Å². The van der Waals surface area contributed by atoms with Crippen LogP contribution in [0.1, 0.15) is 26.7 Å². The van der Waals surface area contributed by atoms with E-state index in [1.807, 2.05) is 13.8 Å². The zero-order valence-corrected chi connectivity index (χ0v) is 12.8. The second kappa shape index (κ2) is 8.25. The van der Waals surface area contributed by atoms with Gasteiger partial charge in [0.2, 0.25) is 0 Å². The van der Waals surface area contributed by atoms with E-state index in [1.165, 1.54) is 12.1 Å². The predicted octanol–water partition coefficient (Wildman–Crippen LogP) is 2.51. The van der Waals surface area contributed by atoms with Crippen molar-refractivity contribution in [2.24, 2.45) is 0 Å². The Morgan fingerprint density at radius 2 is 2.27 bits per heavy atom. The second-order valence-corrected chi connectivity index (χ2v) is 5.10. The molecule has 0 heterocycles. The van der Waals surface area contributed by atoms with Crippen LogP contribution >= 0.6 is 0 Å². The SMILES string of the molecule is C#CCOc1cc(F)ccc1NC(=O)NC(C)(CC)CCO. The molecule has 0 aliphatic heterocycles. The molecule has 22 heavy (non-hydrogen) atoms. The summed E-state index contributed by atoms with van der Waals surface area (Å²) in [4.78, 5) is 12.1. The highest BCUT2D eigenvalue weighted by molar-refractivity contribution is 5.91. The molecule has 1 unspecified atom stereocenters. The lowest BCUT2D eigenvalue weighted by molar-refractivity contribution is 0.208. The van der Waals surface area contributed by atoms with Crippen molar-refractivity contribution in [3.63, 3.8) is 0 Å². The molecule has 0 aliphatic carbocycles. The molecule has 1 rings (SSSR count). The quantitative estimate of drug-likeness (QED) is 0.678. The zero-order valence-electron chi connectivity index (χ0n) is 12.8. The van der Waals surface area contributed by atoms with E-state index in [0.29, 0.717) is 18.5 Å². The number of rotatable bonds is 7. The van der Waals surface area contributed by atoms with Gasteiger partial charge in [-0.2, -0.15) is 0 Å². The van der Waals surface area contributed by atoms with Crippen molar-refractivity contribution in [3.8, 4) is 18.1 Å². The number of amides is 2. The first kappa shape index (κ1) is 17.8. The van der Waals surface area contributed by atoms with Gasteiger partial charge in [0.05, 0.1) is 5.69 Å². The number of halogens is 1. The first-order valence-electron chi connectivity index (χ1n) is 7.00. The Kier molecular flexibility index (Phi) is 6.67. The minimum absolute atomic E-state index is 0.0301. The van der Waals surface area contributed by atoms with Gasteiger partial charge in [-0.3, -0.25) is 0 Å². The molecule has 0 aromatic heterocycles. The lowest BCUT2D eigenvalue weighted by atomic mass is 9.95. The molecular formula is C16H21FN2O3. The molecule has 3 N–H and O–H groups in total. The Balaban J connectivity index is 2.81. The number of carbonyl (C=O) groups excluding carboxylic acids is 1. The zero-order chi connectivity index (χ0) is 16.6. The van der Waals surface area contributed by atoms with Gasteiger partial charge in [0, 0.05) is 18.2 Å². The normalized spacial score (nSPS) is 12.9. The van der Waals surface area contributed by atoms with E-state index in [-0.39, 0.29) is 19.0 Å². The van der Waals surface area contributed by atoms with Crippen molar-refractivity contribution in [2.75, 3.05) is 18.5 Å². The standard InChI is InChI=1S/C16H21FN2O3/c1-4-10-22-14-11-12(17)6-7-13(14)18-15(21)19-16(3,5-2)8-9-20/h1,6-7,11,20H,5,8-10H2,2-3H3,(H2,18,19,21). The minimum atomic E-state index is -0.529. The summed E-state index contributed by atoms with van der Waals surface area (Å²) >= 11 is 0. The van der Waals surface area contributed by atoms with Crippen molar-refractivity contribution in [2.45, 2.75) is 32.2 Å². The summed E-state index contributed by atoms with van der Waals surface area (Å²) < 4.78 is 18.5. The number of hydrogen-bond donors (Lipinski definition) is 3. The Morgan fingerprint density at radius 1 is 1.55 bits per heavy atom. The molecule has 2 amide bonds. The average Bonchev–Trinajstić information content (AvgIpc) is 2.47. The molecule has 5 nitrogen and oxygen atoms in total. The first-order chi connectivity index (χ1) is 10.4. The molecule has 1 aromatic rings. The van der Waals surface area contributed by atoms with Crippen LogP contribution in [0.3, 0.4) is 0 Å². The first-order valence-corrected chi connectivity index (χ1v) is 7.00. The number of carbonyl (C=O) groups is 1. The molecule has 0 radical (unpaired) electrons. The number of benzene rings is 1. The van der Waals surface area contributed by atoms with Gasteiger partial charge >= 0.3 is 6.03 Å². The lowest BCUT2D eigenvalue weighted by Gasteiger charge is -2.29. The molecule has 0 saturated carbocycles. The Morgan fingerprint density at radius 3 is 2.86 bits per heavy atom. The highest BCUT2D eigenvalue weighted by Crippen LogP contribution is 2.25. The van der Waals surface area contributed by atoms with Gasteiger partial charge in [-0.1, -0.05) is 12.8 Å². The Hall–Kier alpha value is -2.26. The van der Waals surface area contributed by atoms with E-state index < -0.39 is 17.4 Å². The number of ether oxygens (including phenoxy) is 1. The third-order valence-corrected chi connectivity index (χ3v) is 3.36. The summed E-state index contributed by atoms with van der Waals surface area (Å²) in [6, 6.07) is 3.30. The van der Waals surface area contributed by atoms with Crippen molar-refractivity contribution in [1.82, 2.24) is 5.32 Å². The molecular weight excluding hydrogens is 287 g/mol. The highest BCUT2D eigenvalue weighted by atomic mass is 19.1. The number of aliphatic hydroxyl groups excluding tert-OH is 1. The molecule has 0 fully saturated rings. The molecule has 6 heteroatoms. The third kappa shape index (κ3) is 5.26. The molecule has 1 aromatic carbocycles. The average molecular weight is 308 g/mol. The maximum Gasteiger partial charge on any atom is 0.319 e. The van der Waals surface area contributed by atoms with Crippen LogP contribution in [0.15, 0.2) is 18.2 Å². The number of hydrogen-bond acceptors (Lipinski definition) is 3. The fourth-order valence-corrected chi connectivity index (χ4v) is 1.84. The van der Waals surface area contributed by atoms with Crippen molar-refractivity contribution in [1.29, 1.82) is 0 Å². The monoisotopic (exact) mass is 308 g/mol. The van der Waals surface area contributed by atoms with Crippen LogP contribution in [0, 0.1) is 18.2 Å². The van der Waals surface area contributed by atoms with E-state index in [2.05, 4.69) is 16.6 Å². The summed E-state index contributed by atoms with van der Waals surface area (Å²) in [5.41, 5.74) is -0.213. The molecule has 0 saturated heterocycles. The topological polar surface area (TPSA) is 70.6 Å². The lowest BCUT2D eigenvalue weighted by Crippen LogP contribution is -2.48. The number of aliphatic hydroxyl groups is 1. The van der Waals surface area contributed by atoms with E-state index in [9.17, 15) is 9.18 Å². The van der Waals surface area contributed by atoms with E-state index in [1.54, 1.807) is 0 Å². The number of nitrogens with one attached hydrogen (secondary N) is 2. The van der Waals surface area contributed by atoms with Crippen LogP contribution < -0.4 is 15.4 Å². The predicted molar refractivity (Wildman–Crippen MR) is 83.3 cm³/mol. The summed E-state index contributed by atoms with van der Waals surface area (Å²) in [6.45, 7) is 3.69. The summed E-state index contributed by atoms with van der Waals surface area (Å²) in [6.07, 6.45) is 6.20.